The van der Waals surface area contributed by atoms with Gasteiger partial charge in [-0.15, -0.1) is 0 Å². The Kier molecular flexibility index (Phi) is 3.20. The van der Waals surface area contributed by atoms with E-state index in [0.29, 0.717) is 5.88 Å². The molecule has 2 rings (SSSR count). The molecular weight excluding hydrogens is 220 g/mol. The van der Waals surface area contributed by atoms with Gasteiger partial charge in [0.05, 0.1) is 5.52 Å². The Morgan fingerprint density at radius 2 is 2.12 bits per heavy atom. The molecule has 0 aliphatic rings. The summed E-state index contributed by atoms with van der Waals surface area (Å²) in [7, 11) is 0. The van der Waals surface area contributed by atoms with Gasteiger partial charge in [-0.1, -0.05) is 18.2 Å². The average molecular weight is 232 g/mol. The summed E-state index contributed by atoms with van der Waals surface area (Å²) in [6.45, 7) is -0.0966. The third kappa shape index (κ3) is 2.70. The van der Waals surface area contributed by atoms with Crippen molar-refractivity contribution in [1.82, 2.24) is 4.98 Å². The van der Waals surface area contributed by atoms with Gasteiger partial charge in [0.2, 0.25) is 5.88 Å². The number of nitrogens with zero attached hydrogens (tertiary/aromatic N) is 1. The minimum absolute atomic E-state index is 0.0966. The standard InChI is InChI=1S/C12H12N2O3/c13-9(12(15)16)7-17-11-6-5-8-3-1-2-4-10(8)14-11/h1-6,9H,7,13H2,(H,15,16). The number of carbonyl (C=O) groups is 1. The van der Waals surface area contributed by atoms with Crippen molar-refractivity contribution in [2.75, 3.05) is 6.61 Å². The molecule has 1 unspecified atom stereocenters. The highest BCUT2D eigenvalue weighted by atomic mass is 16.5. The third-order valence-electron chi connectivity index (χ3n) is 2.30. The van der Waals surface area contributed by atoms with Crippen LogP contribution in [0, 0.1) is 0 Å². The van der Waals surface area contributed by atoms with Crippen LogP contribution in [0.15, 0.2) is 36.4 Å². The van der Waals surface area contributed by atoms with Crippen molar-refractivity contribution in [1.29, 1.82) is 0 Å². The lowest BCUT2D eigenvalue weighted by atomic mass is 10.2. The van der Waals surface area contributed by atoms with Crippen molar-refractivity contribution in [3.05, 3.63) is 36.4 Å². The van der Waals surface area contributed by atoms with Crippen LogP contribution in [0.4, 0.5) is 0 Å². The van der Waals surface area contributed by atoms with E-state index in [9.17, 15) is 4.79 Å². The van der Waals surface area contributed by atoms with Crippen molar-refractivity contribution in [3.8, 4) is 5.88 Å². The molecule has 0 radical (unpaired) electrons. The SMILES string of the molecule is NC(COc1ccc2ccccc2n1)C(=O)O. The van der Waals surface area contributed by atoms with E-state index in [-0.39, 0.29) is 6.61 Å². The minimum atomic E-state index is -1.09. The molecule has 0 saturated carbocycles. The molecule has 0 saturated heterocycles. The quantitative estimate of drug-likeness (QED) is 0.822. The van der Waals surface area contributed by atoms with Gasteiger partial charge in [0.15, 0.2) is 0 Å². The number of hydrogen-bond acceptors (Lipinski definition) is 4. The Morgan fingerprint density at radius 3 is 2.88 bits per heavy atom. The number of para-hydroxylation sites is 1. The first kappa shape index (κ1) is 11.3. The summed E-state index contributed by atoms with van der Waals surface area (Å²) in [5, 5.41) is 9.61. The summed E-state index contributed by atoms with van der Waals surface area (Å²) >= 11 is 0. The zero-order valence-electron chi connectivity index (χ0n) is 9.04. The second-order valence-corrected chi connectivity index (χ2v) is 3.60. The number of ether oxygens (including phenoxy) is 1. The molecule has 17 heavy (non-hydrogen) atoms. The van der Waals surface area contributed by atoms with E-state index in [0.717, 1.165) is 10.9 Å². The lowest BCUT2D eigenvalue weighted by molar-refractivity contribution is -0.139. The van der Waals surface area contributed by atoms with Crippen molar-refractivity contribution < 1.29 is 14.6 Å². The summed E-state index contributed by atoms with van der Waals surface area (Å²) < 4.78 is 5.22. The third-order valence-corrected chi connectivity index (χ3v) is 2.30. The molecule has 5 nitrogen and oxygen atoms in total. The molecule has 88 valence electrons. The summed E-state index contributed by atoms with van der Waals surface area (Å²) in [6, 6.07) is 10.1. The fourth-order valence-electron chi connectivity index (χ4n) is 1.37. The van der Waals surface area contributed by atoms with E-state index in [1.807, 2.05) is 30.3 Å². The first-order chi connectivity index (χ1) is 8.16. The number of fused-ring (bicyclic) bond motifs is 1. The van der Waals surface area contributed by atoms with Gasteiger partial charge < -0.3 is 15.6 Å². The van der Waals surface area contributed by atoms with Crippen LogP contribution >= 0.6 is 0 Å². The molecule has 5 heteroatoms. The molecule has 1 heterocycles. The van der Waals surface area contributed by atoms with Gasteiger partial charge in [0, 0.05) is 11.5 Å². The minimum Gasteiger partial charge on any atom is -0.480 e. The zero-order valence-corrected chi connectivity index (χ0v) is 9.04. The van der Waals surface area contributed by atoms with Gasteiger partial charge in [-0.3, -0.25) is 4.79 Å². The van der Waals surface area contributed by atoms with Crippen LogP contribution in [0.3, 0.4) is 0 Å². The topological polar surface area (TPSA) is 85.4 Å². The van der Waals surface area contributed by atoms with E-state index < -0.39 is 12.0 Å². The Bertz CT molecular complexity index is 542. The van der Waals surface area contributed by atoms with Crippen LogP contribution in [0.25, 0.3) is 10.9 Å². The van der Waals surface area contributed by atoms with Crippen LogP contribution < -0.4 is 10.5 Å². The fourth-order valence-corrected chi connectivity index (χ4v) is 1.37. The molecule has 1 aromatic carbocycles. The van der Waals surface area contributed by atoms with Crippen molar-refractivity contribution in [2.24, 2.45) is 5.73 Å². The highest BCUT2D eigenvalue weighted by Crippen LogP contribution is 2.15. The number of benzene rings is 1. The molecule has 0 fully saturated rings. The summed E-state index contributed by atoms with van der Waals surface area (Å²) in [6.07, 6.45) is 0. The first-order valence-electron chi connectivity index (χ1n) is 5.14. The number of aliphatic carboxylic acids is 1. The Labute approximate surface area is 97.8 Å². The van der Waals surface area contributed by atoms with Crippen LogP contribution in [-0.2, 0) is 4.79 Å². The molecule has 0 bridgehead atoms. The fraction of sp³-hybridized carbons (Fsp3) is 0.167. The Morgan fingerprint density at radius 1 is 1.35 bits per heavy atom. The second-order valence-electron chi connectivity index (χ2n) is 3.60. The number of pyridine rings is 1. The summed E-state index contributed by atoms with van der Waals surface area (Å²) in [5.74, 6) is -0.716. The predicted octanol–water partition coefficient (Wildman–Crippen LogP) is 1.03. The maximum Gasteiger partial charge on any atom is 0.324 e. The molecule has 1 aromatic heterocycles. The number of carboxylic acids is 1. The molecule has 0 spiro atoms. The Hall–Kier alpha value is -2.14. The van der Waals surface area contributed by atoms with Gasteiger partial charge in [-0.2, -0.15) is 0 Å². The molecule has 2 aromatic rings. The van der Waals surface area contributed by atoms with Crippen molar-refractivity contribution >= 4 is 16.9 Å². The van der Waals surface area contributed by atoms with Gasteiger partial charge in [-0.05, 0) is 12.1 Å². The normalized spacial score (nSPS) is 12.3. The monoisotopic (exact) mass is 232 g/mol. The summed E-state index contributed by atoms with van der Waals surface area (Å²) in [5.41, 5.74) is 6.12. The van der Waals surface area contributed by atoms with E-state index in [4.69, 9.17) is 15.6 Å². The van der Waals surface area contributed by atoms with Gasteiger partial charge in [0.25, 0.3) is 0 Å². The second kappa shape index (κ2) is 4.80. The van der Waals surface area contributed by atoms with Crippen molar-refractivity contribution in [2.45, 2.75) is 6.04 Å². The number of carboxylic acid groups (broad SMARTS) is 1. The molecule has 0 aliphatic carbocycles. The molecular formula is C12H12N2O3. The highest BCUT2D eigenvalue weighted by Gasteiger charge is 2.12. The number of nitrogens with two attached hydrogens (primary N) is 1. The lowest BCUT2D eigenvalue weighted by Crippen LogP contribution is -2.36. The lowest BCUT2D eigenvalue weighted by Gasteiger charge is -2.08. The maximum atomic E-state index is 10.5. The van der Waals surface area contributed by atoms with Gasteiger partial charge in [0.1, 0.15) is 12.6 Å². The maximum absolute atomic E-state index is 10.5. The first-order valence-corrected chi connectivity index (χ1v) is 5.14. The van der Waals surface area contributed by atoms with E-state index >= 15 is 0 Å². The smallest absolute Gasteiger partial charge is 0.324 e. The van der Waals surface area contributed by atoms with Crippen LogP contribution in [0.1, 0.15) is 0 Å². The van der Waals surface area contributed by atoms with Crippen LogP contribution in [0.2, 0.25) is 0 Å². The molecule has 3 N–H and O–H groups in total. The van der Waals surface area contributed by atoms with Gasteiger partial charge in [-0.25, -0.2) is 4.98 Å². The van der Waals surface area contributed by atoms with Crippen LogP contribution in [0.5, 0.6) is 5.88 Å². The number of aromatic nitrogens is 1. The Balaban J connectivity index is 2.12. The average Bonchev–Trinajstić information content (AvgIpc) is 2.35. The molecule has 1 atom stereocenters. The van der Waals surface area contributed by atoms with Gasteiger partial charge >= 0.3 is 5.97 Å². The zero-order chi connectivity index (χ0) is 12.3. The van der Waals surface area contributed by atoms with E-state index in [1.165, 1.54) is 0 Å². The highest BCUT2D eigenvalue weighted by molar-refractivity contribution is 5.78. The van der Waals surface area contributed by atoms with Crippen LogP contribution in [-0.4, -0.2) is 28.7 Å². The predicted molar refractivity (Wildman–Crippen MR) is 62.8 cm³/mol. The molecule has 0 amide bonds. The van der Waals surface area contributed by atoms with E-state index in [1.54, 1.807) is 6.07 Å². The number of hydrogen-bond donors (Lipinski definition) is 2. The van der Waals surface area contributed by atoms with E-state index in [2.05, 4.69) is 4.98 Å². The van der Waals surface area contributed by atoms with Crippen molar-refractivity contribution in [3.63, 3.8) is 0 Å². The largest absolute Gasteiger partial charge is 0.480 e. The summed E-state index contributed by atoms with van der Waals surface area (Å²) in [4.78, 5) is 14.7. The molecule has 0 aliphatic heterocycles. The number of rotatable bonds is 4.